The van der Waals surface area contributed by atoms with E-state index in [1.165, 1.54) is 6.33 Å². The number of rotatable bonds is 5. The molecular formula is C16H23N7O. The summed E-state index contributed by atoms with van der Waals surface area (Å²) in [6.07, 6.45) is 2.55. The molecule has 0 unspecified atom stereocenters. The fourth-order valence-electron chi connectivity index (χ4n) is 3.17. The molecule has 2 heterocycles. The van der Waals surface area contributed by atoms with Crippen LogP contribution in [0.4, 0.5) is 10.5 Å². The summed E-state index contributed by atoms with van der Waals surface area (Å²) in [6, 6.07) is 7.88. The number of likely N-dealkylation sites (tertiary alicyclic amines) is 1. The van der Waals surface area contributed by atoms with Crippen molar-refractivity contribution in [1.82, 2.24) is 30.0 Å². The maximum absolute atomic E-state index is 12.5. The van der Waals surface area contributed by atoms with Crippen molar-refractivity contribution in [3.05, 3.63) is 30.6 Å². The Bertz CT molecular complexity index is 669. The van der Waals surface area contributed by atoms with Gasteiger partial charge in [0.25, 0.3) is 0 Å². The van der Waals surface area contributed by atoms with Crippen LogP contribution < -0.4 is 5.32 Å². The van der Waals surface area contributed by atoms with Crippen LogP contribution in [0.15, 0.2) is 30.6 Å². The van der Waals surface area contributed by atoms with Gasteiger partial charge in [0, 0.05) is 24.8 Å². The molecular weight excluding hydrogens is 306 g/mol. The predicted molar refractivity (Wildman–Crippen MR) is 91.1 cm³/mol. The van der Waals surface area contributed by atoms with E-state index < -0.39 is 0 Å². The van der Waals surface area contributed by atoms with E-state index in [1.54, 1.807) is 4.68 Å². The molecule has 24 heavy (non-hydrogen) atoms. The number of anilines is 1. The molecule has 8 nitrogen and oxygen atoms in total. The van der Waals surface area contributed by atoms with Crippen LogP contribution in [0.2, 0.25) is 0 Å². The number of nitrogens with zero attached hydrogens (tertiary/aromatic N) is 6. The topological polar surface area (TPSA) is 79.2 Å². The van der Waals surface area contributed by atoms with Crippen LogP contribution in [0.5, 0.6) is 0 Å². The highest BCUT2D eigenvalue weighted by Crippen LogP contribution is 2.18. The standard InChI is InChI=1S/C16H23N7O/c1-3-21(4-2)15-8-9-22(11-15)16(24)18-13-6-5-7-14(10-13)23-12-17-19-20-23/h5-7,10,12,15H,3-4,8-9,11H2,1-2H3,(H,18,24)/t15-/m1/s1. The van der Waals surface area contributed by atoms with Gasteiger partial charge in [0.15, 0.2) is 0 Å². The minimum absolute atomic E-state index is 0.0569. The van der Waals surface area contributed by atoms with Crippen molar-refractivity contribution in [1.29, 1.82) is 0 Å². The molecule has 128 valence electrons. The monoisotopic (exact) mass is 329 g/mol. The zero-order valence-electron chi connectivity index (χ0n) is 14.1. The normalized spacial score (nSPS) is 17.5. The van der Waals surface area contributed by atoms with Crippen molar-refractivity contribution in [2.45, 2.75) is 26.3 Å². The number of urea groups is 1. The zero-order valence-corrected chi connectivity index (χ0v) is 14.1. The molecule has 3 rings (SSSR count). The summed E-state index contributed by atoms with van der Waals surface area (Å²) < 4.78 is 1.56. The van der Waals surface area contributed by atoms with E-state index in [0.29, 0.717) is 6.04 Å². The van der Waals surface area contributed by atoms with Crippen LogP contribution in [0, 0.1) is 0 Å². The average Bonchev–Trinajstić information content (AvgIpc) is 3.28. The van der Waals surface area contributed by atoms with E-state index >= 15 is 0 Å². The first-order valence-electron chi connectivity index (χ1n) is 8.34. The molecule has 0 bridgehead atoms. The van der Waals surface area contributed by atoms with Gasteiger partial charge >= 0.3 is 6.03 Å². The van der Waals surface area contributed by atoms with Gasteiger partial charge in [-0.2, -0.15) is 0 Å². The van der Waals surface area contributed by atoms with Crippen molar-refractivity contribution in [2.75, 3.05) is 31.5 Å². The van der Waals surface area contributed by atoms with Crippen LogP contribution in [0.25, 0.3) is 5.69 Å². The van der Waals surface area contributed by atoms with Gasteiger partial charge in [-0.1, -0.05) is 19.9 Å². The first kappa shape index (κ1) is 16.4. The number of likely N-dealkylation sites (N-methyl/N-ethyl adjacent to an activating group) is 1. The number of hydrogen-bond acceptors (Lipinski definition) is 5. The maximum atomic E-state index is 12.5. The van der Waals surface area contributed by atoms with Crippen molar-refractivity contribution >= 4 is 11.7 Å². The number of benzene rings is 1. The molecule has 8 heteroatoms. The third-order valence-electron chi connectivity index (χ3n) is 4.49. The van der Waals surface area contributed by atoms with Crippen LogP contribution in [0.1, 0.15) is 20.3 Å². The molecule has 1 aromatic heterocycles. The molecule has 0 saturated carbocycles. The smallest absolute Gasteiger partial charge is 0.321 e. The lowest BCUT2D eigenvalue weighted by molar-refractivity contribution is 0.202. The Kier molecular flexibility index (Phi) is 5.05. The summed E-state index contributed by atoms with van der Waals surface area (Å²) in [5.41, 5.74) is 1.54. The fraction of sp³-hybridized carbons (Fsp3) is 0.500. The summed E-state index contributed by atoms with van der Waals surface area (Å²) in [5, 5.41) is 14.1. The number of carbonyl (C=O) groups is 1. The third-order valence-corrected chi connectivity index (χ3v) is 4.49. The Morgan fingerprint density at radius 3 is 2.92 bits per heavy atom. The third kappa shape index (κ3) is 3.53. The van der Waals surface area contributed by atoms with Gasteiger partial charge in [-0.15, -0.1) is 5.10 Å². The van der Waals surface area contributed by atoms with Crippen molar-refractivity contribution in [3.8, 4) is 5.69 Å². The summed E-state index contributed by atoms with van der Waals surface area (Å²) in [4.78, 5) is 16.8. The largest absolute Gasteiger partial charge is 0.323 e. The molecule has 1 N–H and O–H groups in total. The highest BCUT2D eigenvalue weighted by atomic mass is 16.2. The number of amides is 2. The Hall–Kier alpha value is -2.48. The van der Waals surface area contributed by atoms with Gasteiger partial charge in [0.1, 0.15) is 6.33 Å². The van der Waals surface area contributed by atoms with Gasteiger partial charge in [-0.25, -0.2) is 9.48 Å². The number of tetrazole rings is 1. The van der Waals surface area contributed by atoms with Crippen LogP contribution in [0.3, 0.4) is 0 Å². The minimum atomic E-state index is -0.0569. The van der Waals surface area contributed by atoms with Crippen molar-refractivity contribution in [3.63, 3.8) is 0 Å². The van der Waals surface area contributed by atoms with Crippen LogP contribution in [-0.4, -0.2) is 68.3 Å². The van der Waals surface area contributed by atoms with E-state index in [-0.39, 0.29) is 6.03 Å². The molecule has 1 aromatic carbocycles. The lowest BCUT2D eigenvalue weighted by atomic mass is 10.2. The van der Waals surface area contributed by atoms with E-state index in [4.69, 9.17) is 0 Å². The second kappa shape index (κ2) is 7.39. The second-order valence-corrected chi connectivity index (χ2v) is 5.84. The second-order valence-electron chi connectivity index (χ2n) is 5.84. The highest BCUT2D eigenvalue weighted by molar-refractivity contribution is 5.89. The van der Waals surface area contributed by atoms with Gasteiger partial charge in [0.2, 0.25) is 0 Å². The highest BCUT2D eigenvalue weighted by Gasteiger charge is 2.29. The summed E-state index contributed by atoms with van der Waals surface area (Å²) in [6.45, 7) is 7.93. The maximum Gasteiger partial charge on any atom is 0.321 e. The lowest BCUT2D eigenvalue weighted by Crippen LogP contribution is -2.39. The van der Waals surface area contributed by atoms with Gasteiger partial charge in [-0.3, -0.25) is 4.90 Å². The molecule has 1 atom stereocenters. The number of aromatic nitrogens is 4. The van der Waals surface area contributed by atoms with Gasteiger partial charge in [-0.05, 0) is 48.1 Å². The first-order chi connectivity index (χ1) is 11.7. The van der Waals surface area contributed by atoms with Gasteiger partial charge < -0.3 is 10.2 Å². The molecule has 2 aromatic rings. The van der Waals surface area contributed by atoms with Crippen LogP contribution in [-0.2, 0) is 0 Å². The quantitative estimate of drug-likeness (QED) is 0.901. The average molecular weight is 329 g/mol. The molecule has 0 radical (unpaired) electrons. The summed E-state index contributed by atoms with van der Waals surface area (Å²) >= 11 is 0. The Balaban J connectivity index is 1.62. The van der Waals surface area contributed by atoms with E-state index in [9.17, 15) is 4.79 Å². The lowest BCUT2D eigenvalue weighted by Gasteiger charge is -2.26. The van der Waals surface area contributed by atoms with Crippen molar-refractivity contribution in [2.24, 2.45) is 0 Å². The minimum Gasteiger partial charge on any atom is -0.323 e. The Morgan fingerprint density at radius 2 is 2.21 bits per heavy atom. The Morgan fingerprint density at radius 1 is 1.38 bits per heavy atom. The number of nitrogens with one attached hydrogen (secondary N) is 1. The molecule has 2 amide bonds. The summed E-state index contributed by atoms with van der Waals surface area (Å²) in [5.74, 6) is 0. The fourth-order valence-corrected chi connectivity index (χ4v) is 3.17. The van der Waals surface area contributed by atoms with E-state index in [0.717, 1.165) is 44.0 Å². The molecule has 0 aliphatic carbocycles. The number of carbonyl (C=O) groups excluding carboxylic acids is 1. The zero-order chi connectivity index (χ0) is 16.9. The van der Waals surface area contributed by atoms with E-state index in [2.05, 4.69) is 39.6 Å². The Labute approximate surface area is 141 Å². The molecule has 0 spiro atoms. The van der Waals surface area contributed by atoms with Crippen molar-refractivity contribution < 1.29 is 4.79 Å². The van der Waals surface area contributed by atoms with Gasteiger partial charge in [0.05, 0.1) is 5.69 Å². The number of hydrogen-bond donors (Lipinski definition) is 1. The summed E-state index contributed by atoms with van der Waals surface area (Å²) in [7, 11) is 0. The first-order valence-corrected chi connectivity index (χ1v) is 8.34. The molecule has 1 aliphatic heterocycles. The molecule has 1 aliphatic rings. The molecule has 1 fully saturated rings. The SMILES string of the molecule is CCN(CC)[C@@H]1CCN(C(=O)Nc2cccc(-n3cnnn3)c2)C1. The van der Waals surface area contributed by atoms with Crippen LogP contribution >= 0.6 is 0 Å². The predicted octanol–water partition coefficient (Wildman–Crippen LogP) is 1.61. The van der Waals surface area contributed by atoms with E-state index in [1.807, 2.05) is 29.2 Å². The molecule has 1 saturated heterocycles.